The van der Waals surface area contributed by atoms with Gasteiger partial charge >= 0.3 is 0 Å². The summed E-state index contributed by atoms with van der Waals surface area (Å²) in [6.07, 6.45) is 3.59. The van der Waals surface area contributed by atoms with Crippen LogP contribution in [-0.2, 0) is 20.6 Å². The van der Waals surface area contributed by atoms with E-state index in [2.05, 4.69) is 31.4 Å². The number of amides is 1. The van der Waals surface area contributed by atoms with Crippen molar-refractivity contribution in [1.82, 2.24) is 24.9 Å². The number of hydrogen-bond donors (Lipinski definition) is 1. The van der Waals surface area contributed by atoms with Gasteiger partial charge in [-0.15, -0.1) is 0 Å². The second kappa shape index (κ2) is 4.93. The first kappa shape index (κ1) is 12.8. The lowest BCUT2D eigenvalue weighted by Gasteiger charge is -2.04. The highest BCUT2D eigenvalue weighted by molar-refractivity contribution is 9.10. The Morgan fingerprint density at radius 1 is 1.50 bits per heavy atom. The Morgan fingerprint density at radius 2 is 2.22 bits per heavy atom. The summed E-state index contributed by atoms with van der Waals surface area (Å²) in [6.45, 7) is 2.30. The van der Waals surface area contributed by atoms with Gasteiger partial charge in [0.15, 0.2) is 0 Å². The van der Waals surface area contributed by atoms with E-state index in [1.165, 1.54) is 0 Å². The van der Waals surface area contributed by atoms with E-state index < -0.39 is 0 Å². The zero-order valence-corrected chi connectivity index (χ0v) is 12.0. The monoisotopic (exact) mass is 311 g/mol. The summed E-state index contributed by atoms with van der Waals surface area (Å²) in [6, 6.07) is 0. The minimum Gasteiger partial charge on any atom is -0.346 e. The maximum absolute atomic E-state index is 12.1. The van der Waals surface area contributed by atoms with Gasteiger partial charge in [-0.25, -0.2) is 0 Å². The molecule has 1 amide bonds. The molecule has 2 heterocycles. The van der Waals surface area contributed by atoms with Gasteiger partial charge in [0.05, 0.1) is 16.4 Å². The molecule has 1 N–H and O–H groups in total. The summed E-state index contributed by atoms with van der Waals surface area (Å²) in [4.78, 5) is 12.1. The summed E-state index contributed by atoms with van der Waals surface area (Å²) in [5.74, 6) is -0.158. The van der Waals surface area contributed by atoms with E-state index in [-0.39, 0.29) is 5.91 Å². The van der Waals surface area contributed by atoms with Crippen LogP contribution in [0.4, 0.5) is 0 Å². The van der Waals surface area contributed by atoms with Crippen molar-refractivity contribution >= 4 is 21.8 Å². The van der Waals surface area contributed by atoms with Crippen molar-refractivity contribution in [2.24, 2.45) is 14.1 Å². The minimum atomic E-state index is -0.158. The van der Waals surface area contributed by atoms with Gasteiger partial charge < -0.3 is 5.32 Å². The number of hydrogen-bond acceptors (Lipinski definition) is 3. The quantitative estimate of drug-likeness (QED) is 0.925. The van der Waals surface area contributed by atoms with Gasteiger partial charge in [-0.2, -0.15) is 10.2 Å². The van der Waals surface area contributed by atoms with Crippen LogP contribution in [0.2, 0.25) is 0 Å². The highest BCUT2D eigenvalue weighted by atomic mass is 79.9. The Labute approximate surface area is 113 Å². The van der Waals surface area contributed by atoms with Crippen LogP contribution in [0.15, 0.2) is 16.9 Å². The predicted octanol–water partition coefficient (Wildman–Crippen LogP) is 1.15. The van der Waals surface area contributed by atoms with E-state index in [9.17, 15) is 4.79 Å². The van der Waals surface area contributed by atoms with E-state index in [0.29, 0.717) is 12.2 Å². The second-order valence-electron chi connectivity index (χ2n) is 4.08. The van der Waals surface area contributed by atoms with Crippen molar-refractivity contribution in [3.8, 4) is 0 Å². The summed E-state index contributed by atoms with van der Waals surface area (Å²) in [7, 11) is 3.59. The van der Waals surface area contributed by atoms with Crippen LogP contribution in [0.25, 0.3) is 0 Å². The lowest BCUT2D eigenvalue weighted by molar-refractivity contribution is 0.0940. The third-order valence-corrected chi connectivity index (χ3v) is 3.53. The third kappa shape index (κ3) is 2.45. The fourth-order valence-corrected chi connectivity index (χ4v) is 2.22. The number of aromatic nitrogens is 4. The van der Waals surface area contributed by atoms with Gasteiger partial charge in [0.1, 0.15) is 5.69 Å². The van der Waals surface area contributed by atoms with Gasteiger partial charge in [0.25, 0.3) is 5.91 Å². The van der Waals surface area contributed by atoms with Crippen molar-refractivity contribution in [1.29, 1.82) is 0 Å². The number of rotatable bonds is 3. The summed E-state index contributed by atoms with van der Waals surface area (Å²) < 4.78 is 4.00. The lowest BCUT2D eigenvalue weighted by Crippen LogP contribution is -2.25. The number of halogens is 1. The molecule has 0 aliphatic heterocycles. The van der Waals surface area contributed by atoms with Gasteiger partial charge in [0.2, 0.25) is 0 Å². The van der Waals surface area contributed by atoms with E-state index in [1.54, 1.807) is 22.6 Å². The zero-order chi connectivity index (χ0) is 13.3. The molecule has 0 saturated heterocycles. The molecule has 0 radical (unpaired) electrons. The molecular weight excluding hydrogens is 298 g/mol. The van der Waals surface area contributed by atoms with Crippen molar-refractivity contribution < 1.29 is 4.79 Å². The molecule has 7 heteroatoms. The van der Waals surface area contributed by atoms with E-state index in [0.717, 1.165) is 15.7 Å². The molecule has 6 nitrogen and oxygen atoms in total. The SMILES string of the molecule is Cc1nn(C)c(C(=O)NCc2cnn(C)c2)c1Br. The van der Waals surface area contributed by atoms with Crippen molar-refractivity contribution in [2.75, 3.05) is 0 Å². The first-order valence-corrected chi connectivity index (χ1v) is 6.23. The van der Waals surface area contributed by atoms with Crippen molar-refractivity contribution in [2.45, 2.75) is 13.5 Å². The van der Waals surface area contributed by atoms with Gasteiger partial charge in [-0.3, -0.25) is 14.2 Å². The second-order valence-corrected chi connectivity index (χ2v) is 4.87. The van der Waals surface area contributed by atoms with Crippen LogP contribution in [0.1, 0.15) is 21.7 Å². The Hall–Kier alpha value is -1.63. The van der Waals surface area contributed by atoms with Gasteiger partial charge in [-0.05, 0) is 22.9 Å². The highest BCUT2D eigenvalue weighted by Gasteiger charge is 2.17. The van der Waals surface area contributed by atoms with Gasteiger partial charge in [-0.1, -0.05) is 0 Å². The topological polar surface area (TPSA) is 64.7 Å². The average molecular weight is 312 g/mol. The molecule has 0 fully saturated rings. The van der Waals surface area contributed by atoms with Crippen molar-refractivity contribution in [3.63, 3.8) is 0 Å². The Bertz CT molecular complexity index is 586. The normalized spacial score (nSPS) is 10.7. The third-order valence-electron chi connectivity index (χ3n) is 2.58. The van der Waals surface area contributed by atoms with E-state index in [4.69, 9.17) is 0 Å². The van der Waals surface area contributed by atoms with Gasteiger partial charge in [0, 0.05) is 32.4 Å². The number of aryl methyl sites for hydroxylation is 3. The average Bonchev–Trinajstić information content (AvgIpc) is 2.82. The molecule has 0 unspecified atom stereocenters. The summed E-state index contributed by atoms with van der Waals surface area (Å²) >= 11 is 3.37. The fourth-order valence-electron chi connectivity index (χ4n) is 1.71. The van der Waals surface area contributed by atoms with E-state index in [1.807, 2.05) is 20.2 Å². The van der Waals surface area contributed by atoms with Crippen LogP contribution in [0.3, 0.4) is 0 Å². The fraction of sp³-hybridized carbons (Fsp3) is 0.364. The molecule has 0 saturated carbocycles. The lowest BCUT2D eigenvalue weighted by atomic mass is 10.3. The number of carbonyl (C=O) groups is 1. The Kier molecular flexibility index (Phi) is 3.51. The Morgan fingerprint density at radius 3 is 2.72 bits per heavy atom. The number of carbonyl (C=O) groups excluding carboxylic acids is 1. The molecule has 2 aromatic heterocycles. The molecule has 2 rings (SSSR count). The molecule has 18 heavy (non-hydrogen) atoms. The van der Waals surface area contributed by atoms with Crippen LogP contribution in [-0.4, -0.2) is 25.5 Å². The number of nitrogens with one attached hydrogen (secondary N) is 1. The van der Waals surface area contributed by atoms with Crippen LogP contribution >= 0.6 is 15.9 Å². The predicted molar refractivity (Wildman–Crippen MR) is 70.0 cm³/mol. The molecule has 0 bridgehead atoms. The molecule has 96 valence electrons. The zero-order valence-electron chi connectivity index (χ0n) is 10.4. The maximum atomic E-state index is 12.1. The van der Waals surface area contributed by atoms with Crippen LogP contribution in [0.5, 0.6) is 0 Å². The standard InChI is InChI=1S/C11H14BrN5O/c1-7-9(12)10(17(3)15-7)11(18)13-4-8-5-14-16(2)6-8/h5-6H,4H2,1-3H3,(H,13,18). The minimum absolute atomic E-state index is 0.158. The molecule has 0 atom stereocenters. The molecule has 2 aromatic rings. The van der Waals surface area contributed by atoms with Crippen LogP contribution in [0, 0.1) is 6.92 Å². The molecule has 0 aromatic carbocycles. The summed E-state index contributed by atoms with van der Waals surface area (Å²) in [5, 5.41) is 11.1. The Balaban J connectivity index is 2.08. The largest absolute Gasteiger partial charge is 0.346 e. The molecular formula is C11H14BrN5O. The molecule has 0 aliphatic carbocycles. The smallest absolute Gasteiger partial charge is 0.270 e. The molecule has 0 aliphatic rings. The first-order chi connectivity index (χ1) is 8.49. The highest BCUT2D eigenvalue weighted by Crippen LogP contribution is 2.19. The first-order valence-electron chi connectivity index (χ1n) is 5.44. The summed E-state index contributed by atoms with van der Waals surface area (Å²) in [5.41, 5.74) is 2.28. The maximum Gasteiger partial charge on any atom is 0.270 e. The number of nitrogens with zero attached hydrogens (tertiary/aromatic N) is 4. The van der Waals surface area contributed by atoms with Crippen molar-refractivity contribution in [3.05, 3.63) is 33.8 Å². The molecule has 0 spiro atoms. The van der Waals surface area contributed by atoms with E-state index >= 15 is 0 Å². The van der Waals surface area contributed by atoms with Crippen LogP contribution < -0.4 is 5.32 Å².